The Morgan fingerprint density at radius 1 is 1.47 bits per heavy atom. The maximum Gasteiger partial charge on any atom is 0.268 e. The minimum atomic E-state index is -0.223. The Kier molecular flexibility index (Phi) is 3.42. The van der Waals surface area contributed by atoms with Gasteiger partial charge in [0.15, 0.2) is 0 Å². The number of carbonyl (C=O) groups excluding carboxylic acids is 1. The quantitative estimate of drug-likeness (QED) is 0.788. The lowest BCUT2D eigenvalue weighted by molar-refractivity contribution is -0.123. The molecule has 1 saturated heterocycles. The number of nitrogens with one attached hydrogen (secondary N) is 1. The molecule has 1 aromatic heterocycles. The number of alkyl halides is 1. The average Bonchev–Trinajstić information content (AvgIpc) is 2.25. The Labute approximate surface area is 107 Å². The van der Waals surface area contributed by atoms with Crippen LogP contribution in [0.5, 0.6) is 0 Å². The van der Waals surface area contributed by atoms with Crippen LogP contribution in [-0.2, 0) is 4.79 Å². The first kappa shape index (κ1) is 12.0. The summed E-state index contributed by atoms with van der Waals surface area (Å²) in [5.74, 6) is 0.321. The fourth-order valence-electron chi connectivity index (χ4n) is 1.70. The molecule has 1 amide bonds. The smallest absolute Gasteiger partial charge is 0.268 e. The number of aromatic nitrogens is 1. The zero-order chi connectivity index (χ0) is 12.4. The maximum atomic E-state index is 11.8. The molecule has 1 atom stereocenters. The van der Waals surface area contributed by atoms with E-state index in [1.165, 1.54) is 6.07 Å². The van der Waals surface area contributed by atoms with Crippen LogP contribution in [-0.4, -0.2) is 39.9 Å². The number of piperidine rings is 1. The second-order valence-electron chi connectivity index (χ2n) is 3.95. The number of aliphatic imine (C=N–C) groups is 1. The van der Waals surface area contributed by atoms with Crippen LogP contribution in [0.1, 0.15) is 6.42 Å². The fourth-order valence-corrected chi connectivity index (χ4v) is 2.44. The highest BCUT2D eigenvalue weighted by Crippen LogP contribution is 2.17. The molecule has 1 aromatic rings. The largest absolute Gasteiger partial charge is 0.340 e. The summed E-state index contributed by atoms with van der Waals surface area (Å²) in [6, 6.07) is 4.69. The highest BCUT2D eigenvalue weighted by atomic mass is 79.9. The minimum absolute atomic E-state index is 0.0922. The van der Waals surface area contributed by atoms with Crippen molar-refractivity contribution in [2.24, 2.45) is 4.99 Å². The van der Waals surface area contributed by atoms with Gasteiger partial charge >= 0.3 is 0 Å². The second kappa shape index (κ2) is 4.83. The third-order valence-corrected chi connectivity index (χ3v) is 3.10. The number of hydrogen-bond donors (Lipinski definition) is 1. The summed E-state index contributed by atoms with van der Waals surface area (Å²) in [5, 5.41) is 0. The normalized spacial score (nSPS) is 23.2. The van der Waals surface area contributed by atoms with E-state index in [1.54, 1.807) is 24.1 Å². The van der Waals surface area contributed by atoms with E-state index in [4.69, 9.17) is 0 Å². The lowest BCUT2D eigenvalue weighted by Gasteiger charge is -2.27. The second-order valence-corrected chi connectivity index (χ2v) is 5.24. The number of nitrogens with zero attached hydrogens (tertiary/aromatic N) is 2. The summed E-state index contributed by atoms with van der Waals surface area (Å²) in [5.41, 5.74) is 0.237. The Morgan fingerprint density at radius 2 is 2.24 bits per heavy atom. The average molecular weight is 298 g/mol. The predicted octanol–water partition coefficient (Wildman–Crippen LogP) is 1.07. The third kappa shape index (κ3) is 2.82. The number of H-pyrrole nitrogens is 1. The lowest BCUT2D eigenvalue weighted by Crippen LogP contribution is -2.43. The van der Waals surface area contributed by atoms with Crippen LogP contribution < -0.4 is 5.56 Å². The summed E-state index contributed by atoms with van der Waals surface area (Å²) in [6.45, 7) is 0.670. The Balaban J connectivity index is 2.32. The number of amides is 1. The van der Waals surface area contributed by atoms with E-state index in [1.807, 2.05) is 0 Å². The van der Waals surface area contributed by atoms with Crippen LogP contribution in [0.4, 0.5) is 5.82 Å². The van der Waals surface area contributed by atoms with Crippen LogP contribution in [0.25, 0.3) is 0 Å². The topological polar surface area (TPSA) is 65.5 Å². The summed E-state index contributed by atoms with van der Waals surface area (Å²) in [6.07, 6.45) is 0.570. The van der Waals surface area contributed by atoms with E-state index in [0.717, 1.165) is 0 Å². The molecule has 2 rings (SSSR count). The molecule has 17 heavy (non-hydrogen) atoms. The Morgan fingerprint density at radius 3 is 2.94 bits per heavy atom. The highest BCUT2D eigenvalue weighted by molar-refractivity contribution is 9.09. The summed E-state index contributed by atoms with van der Waals surface area (Å²) >= 11 is 3.48. The SMILES string of the molecule is CN1CC(Br)CC(=Nc2cccc(=O)[nH]2)C1=O. The van der Waals surface area contributed by atoms with Gasteiger partial charge in [-0.15, -0.1) is 0 Å². The summed E-state index contributed by atoms with van der Waals surface area (Å²) in [7, 11) is 1.74. The molecule has 6 heteroatoms. The monoisotopic (exact) mass is 297 g/mol. The zero-order valence-electron chi connectivity index (χ0n) is 9.31. The van der Waals surface area contributed by atoms with Crippen molar-refractivity contribution in [3.05, 3.63) is 28.6 Å². The number of carbonyl (C=O) groups is 1. The van der Waals surface area contributed by atoms with Gasteiger partial charge in [0, 0.05) is 30.9 Å². The first-order valence-electron chi connectivity index (χ1n) is 5.22. The van der Waals surface area contributed by atoms with E-state index < -0.39 is 0 Å². The van der Waals surface area contributed by atoms with Crippen LogP contribution in [0.2, 0.25) is 0 Å². The van der Waals surface area contributed by atoms with Crippen molar-refractivity contribution in [1.29, 1.82) is 0 Å². The van der Waals surface area contributed by atoms with Gasteiger partial charge in [0.2, 0.25) is 5.56 Å². The predicted molar refractivity (Wildman–Crippen MR) is 69.1 cm³/mol. The van der Waals surface area contributed by atoms with Crippen molar-refractivity contribution in [2.75, 3.05) is 13.6 Å². The van der Waals surface area contributed by atoms with Crippen LogP contribution in [0.15, 0.2) is 28.0 Å². The molecule has 0 aliphatic carbocycles. The molecule has 1 aliphatic heterocycles. The van der Waals surface area contributed by atoms with Gasteiger partial charge in [-0.2, -0.15) is 0 Å². The highest BCUT2D eigenvalue weighted by Gasteiger charge is 2.27. The fraction of sp³-hybridized carbons (Fsp3) is 0.364. The number of rotatable bonds is 1. The van der Waals surface area contributed by atoms with Gasteiger partial charge in [-0.3, -0.25) is 9.59 Å². The van der Waals surface area contributed by atoms with Gasteiger partial charge in [0.1, 0.15) is 11.5 Å². The molecule has 90 valence electrons. The molecule has 0 radical (unpaired) electrons. The van der Waals surface area contributed by atoms with Gasteiger partial charge in [-0.1, -0.05) is 22.0 Å². The first-order chi connectivity index (χ1) is 8.06. The molecule has 1 unspecified atom stereocenters. The number of pyridine rings is 1. The van der Waals surface area contributed by atoms with Crippen molar-refractivity contribution in [3.63, 3.8) is 0 Å². The lowest BCUT2D eigenvalue weighted by atomic mass is 10.1. The van der Waals surface area contributed by atoms with E-state index in [-0.39, 0.29) is 16.3 Å². The van der Waals surface area contributed by atoms with Crippen LogP contribution in [0, 0.1) is 0 Å². The molecule has 2 heterocycles. The zero-order valence-corrected chi connectivity index (χ0v) is 10.9. The van der Waals surface area contributed by atoms with Gasteiger partial charge in [-0.25, -0.2) is 4.99 Å². The molecule has 0 bridgehead atoms. The van der Waals surface area contributed by atoms with Crippen LogP contribution in [0.3, 0.4) is 0 Å². The Bertz CT molecular complexity index is 523. The summed E-state index contributed by atoms with van der Waals surface area (Å²) in [4.78, 5) is 31.6. The molecule has 0 saturated carbocycles. The molecule has 1 N–H and O–H groups in total. The van der Waals surface area contributed by atoms with Gasteiger partial charge < -0.3 is 9.88 Å². The van der Waals surface area contributed by atoms with E-state index >= 15 is 0 Å². The number of hydrogen-bond acceptors (Lipinski definition) is 3. The first-order valence-corrected chi connectivity index (χ1v) is 6.14. The number of halogens is 1. The number of aromatic amines is 1. The van der Waals surface area contributed by atoms with E-state index in [9.17, 15) is 9.59 Å². The minimum Gasteiger partial charge on any atom is -0.340 e. The molecular formula is C11H12BrN3O2. The third-order valence-electron chi connectivity index (χ3n) is 2.49. The number of likely N-dealkylation sites (tertiary alicyclic amines) is 1. The standard InChI is InChI=1S/C11H12BrN3O2/c1-15-6-7(12)5-8(11(15)17)13-9-3-2-4-10(16)14-9/h2-4,7H,5-6H2,1H3,(H,14,16). The van der Waals surface area contributed by atoms with Crippen molar-refractivity contribution in [3.8, 4) is 0 Å². The Hall–Kier alpha value is -1.43. The van der Waals surface area contributed by atoms with Gasteiger partial charge in [-0.05, 0) is 6.07 Å². The molecule has 1 fully saturated rings. The van der Waals surface area contributed by atoms with E-state index in [2.05, 4.69) is 25.9 Å². The molecular weight excluding hydrogens is 286 g/mol. The molecule has 1 aliphatic rings. The van der Waals surface area contributed by atoms with Gasteiger partial charge in [0.25, 0.3) is 5.91 Å². The van der Waals surface area contributed by atoms with Crippen molar-refractivity contribution in [2.45, 2.75) is 11.2 Å². The summed E-state index contributed by atoms with van der Waals surface area (Å²) < 4.78 is 0. The van der Waals surface area contributed by atoms with Gasteiger partial charge in [0.05, 0.1) is 0 Å². The molecule has 5 nitrogen and oxygen atoms in total. The molecule has 0 aromatic carbocycles. The molecule has 0 spiro atoms. The van der Waals surface area contributed by atoms with Crippen molar-refractivity contribution >= 4 is 33.4 Å². The van der Waals surface area contributed by atoms with Crippen molar-refractivity contribution in [1.82, 2.24) is 9.88 Å². The van der Waals surface area contributed by atoms with Crippen molar-refractivity contribution < 1.29 is 4.79 Å². The van der Waals surface area contributed by atoms with E-state index in [0.29, 0.717) is 24.5 Å². The maximum absolute atomic E-state index is 11.8. The van der Waals surface area contributed by atoms with Crippen LogP contribution >= 0.6 is 15.9 Å².